The van der Waals surface area contributed by atoms with Crippen LogP contribution in [0.15, 0.2) is 18.2 Å². The highest BCUT2D eigenvalue weighted by molar-refractivity contribution is 7.17. The molecule has 2 aromatic rings. The summed E-state index contributed by atoms with van der Waals surface area (Å²) in [5.41, 5.74) is 0.916. The zero-order valence-electron chi connectivity index (χ0n) is 15.0. The third-order valence-electron chi connectivity index (χ3n) is 4.09. The molecule has 0 aliphatic heterocycles. The molecule has 0 atom stereocenters. The van der Waals surface area contributed by atoms with Crippen LogP contribution in [0.25, 0.3) is 10.6 Å². The summed E-state index contributed by atoms with van der Waals surface area (Å²) in [6.45, 7) is 9.20. The summed E-state index contributed by atoms with van der Waals surface area (Å²) in [7, 11) is 1.76. The van der Waals surface area contributed by atoms with Gasteiger partial charge in [0.2, 0.25) is 0 Å². The third-order valence-corrected chi connectivity index (χ3v) is 5.29. The van der Waals surface area contributed by atoms with E-state index < -0.39 is 11.6 Å². The first-order valence-electron chi connectivity index (χ1n) is 8.27. The Morgan fingerprint density at radius 2 is 1.72 bits per heavy atom. The molecular formula is C18H23F2N3OS. The molecule has 0 spiro atoms. The van der Waals surface area contributed by atoms with Gasteiger partial charge in [-0.3, -0.25) is 4.79 Å². The van der Waals surface area contributed by atoms with Gasteiger partial charge in [-0.05, 0) is 32.1 Å². The van der Waals surface area contributed by atoms with Gasteiger partial charge in [0, 0.05) is 31.8 Å². The monoisotopic (exact) mass is 367 g/mol. The van der Waals surface area contributed by atoms with Crippen LogP contribution in [0.3, 0.4) is 0 Å². The number of carbonyl (C=O) groups is 1. The van der Waals surface area contributed by atoms with Crippen molar-refractivity contribution in [2.24, 2.45) is 0 Å². The minimum atomic E-state index is -0.660. The third kappa shape index (κ3) is 4.83. The minimum absolute atomic E-state index is 0.120. The summed E-state index contributed by atoms with van der Waals surface area (Å²) in [5.74, 6) is -1.44. The van der Waals surface area contributed by atoms with Crippen molar-refractivity contribution in [3.63, 3.8) is 0 Å². The number of hydrogen-bond donors (Lipinski definition) is 0. The molecule has 1 heterocycles. The number of hydrogen-bond acceptors (Lipinski definition) is 4. The number of nitrogens with zero attached hydrogens (tertiary/aromatic N) is 3. The number of aromatic nitrogens is 1. The summed E-state index contributed by atoms with van der Waals surface area (Å²) >= 11 is 1.16. The number of benzene rings is 1. The van der Waals surface area contributed by atoms with Gasteiger partial charge in [0.05, 0.1) is 5.69 Å². The van der Waals surface area contributed by atoms with Crippen molar-refractivity contribution in [3.05, 3.63) is 40.4 Å². The highest BCUT2D eigenvalue weighted by Crippen LogP contribution is 2.29. The number of likely N-dealkylation sites (N-methyl/N-ethyl adjacent to an activating group) is 2. The zero-order chi connectivity index (χ0) is 18.6. The van der Waals surface area contributed by atoms with E-state index in [1.54, 1.807) is 18.9 Å². The second-order valence-electron chi connectivity index (χ2n) is 5.85. The van der Waals surface area contributed by atoms with Crippen LogP contribution in [-0.4, -0.2) is 53.9 Å². The summed E-state index contributed by atoms with van der Waals surface area (Å²) in [5, 5.41) is 0.441. The van der Waals surface area contributed by atoms with Gasteiger partial charge >= 0.3 is 0 Å². The lowest BCUT2D eigenvalue weighted by atomic mass is 10.2. The van der Waals surface area contributed by atoms with E-state index in [0.29, 0.717) is 27.7 Å². The zero-order valence-corrected chi connectivity index (χ0v) is 15.8. The molecule has 0 unspecified atom stereocenters. The standard InChI is InChI=1S/C18H23F2N3OS/c1-5-23(6-2)8-7-22(4)18(24)16-12(3)21-17(25-16)13-9-14(19)11-15(20)10-13/h9-11H,5-8H2,1-4H3. The first-order chi connectivity index (χ1) is 11.8. The van der Waals surface area contributed by atoms with E-state index in [1.807, 2.05) is 0 Å². The first-order valence-corrected chi connectivity index (χ1v) is 9.09. The van der Waals surface area contributed by atoms with Crippen LogP contribution in [-0.2, 0) is 0 Å². The van der Waals surface area contributed by atoms with Gasteiger partial charge in [-0.2, -0.15) is 0 Å². The molecule has 0 fully saturated rings. The number of amides is 1. The Bertz CT molecular complexity index is 724. The predicted molar refractivity (Wildman–Crippen MR) is 97.0 cm³/mol. The van der Waals surface area contributed by atoms with Crippen molar-refractivity contribution in [3.8, 4) is 10.6 Å². The fraction of sp³-hybridized carbons (Fsp3) is 0.444. The summed E-state index contributed by atoms with van der Waals surface area (Å²) < 4.78 is 26.8. The molecule has 7 heteroatoms. The van der Waals surface area contributed by atoms with Crippen molar-refractivity contribution in [1.29, 1.82) is 0 Å². The van der Waals surface area contributed by atoms with Crippen LogP contribution in [0.4, 0.5) is 8.78 Å². The Kier molecular flexibility index (Phi) is 6.61. The Balaban J connectivity index is 2.17. The Labute approximate surface area is 151 Å². The largest absolute Gasteiger partial charge is 0.340 e. The van der Waals surface area contributed by atoms with Crippen molar-refractivity contribution in [1.82, 2.24) is 14.8 Å². The van der Waals surface area contributed by atoms with E-state index in [0.717, 1.165) is 37.0 Å². The lowest BCUT2D eigenvalue weighted by molar-refractivity contribution is 0.0783. The van der Waals surface area contributed by atoms with E-state index in [4.69, 9.17) is 0 Å². The lowest BCUT2D eigenvalue weighted by Gasteiger charge is -2.22. The van der Waals surface area contributed by atoms with Crippen molar-refractivity contribution < 1.29 is 13.6 Å². The molecule has 0 saturated carbocycles. The molecular weight excluding hydrogens is 344 g/mol. The number of aryl methyl sites for hydroxylation is 1. The number of halogens is 2. The fourth-order valence-electron chi connectivity index (χ4n) is 2.50. The van der Waals surface area contributed by atoms with Crippen LogP contribution in [0.5, 0.6) is 0 Å². The van der Waals surface area contributed by atoms with Crippen LogP contribution in [0.2, 0.25) is 0 Å². The lowest BCUT2D eigenvalue weighted by Crippen LogP contribution is -2.36. The maximum Gasteiger partial charge on any atom is 0.265 e. The summed E-state index contributed by atoms with van der Waals surface area (Å²) in [6, 6.07) is 3.26. The Morgan fingerprint density at radius 3 is 2.28 bits per heavy atom. The van der Waals surface area contributed by atoms with E-state index >= 15 is 0 Å². The average Bonchev–Trinajstić information content (AvgIpc) is 2.96. The molecule has 0 aliphatic rings. The maximum absolute atomic E-state index is 13.4. The molecule has 1 aromatic heterocycles. The van der Waals surface area contributed by atoms with Crippen molar-refractivity contribution in [2.45, 2.75) is 20.8 Å². The topological polar surface area (TPSA) is 36.4 Å². The molecule has 1 aromatic carbocycles. The van der Waals surface area contributed by atoms with Gasteiger partial charge in [0.1, 0.15) is 21.5 Å². The van der Waals surface area contributed by atoms with Gasteiger partial charge in [-0.15, -0.1) is 11.3 Å². The molecule has 0 aliphatic carbocycles. The van der Waals surface area contributed by atoms with Gasteiger partial charge < -0.3 is 9.80 Å². The van der Waals surface area contributed by atoms with Gasteiger partial charge in [-0.1, -0.05) is 13.8 Å². The molecule has 2 rings (SSSR count). The molecule has 1 amide bonds. The quantitative estimate of drug-likeness (QED) is 0.747. The molecule has 0 bridgehead atoms. The summed E-state index contributed by atoms with van der Waals surface area (Å²) in [4.78, 5) is 21.4. The molecule has 0 saturated heterocycles. The SMILES string of the molecule is CCN(CC)CCN(C)C(=O)c1sc(-c2cc(F)cc(F)c2)nc1C. The van der Waals surface area contributed by atoms with Crippen molar-refractivity contribution in [2.75, 3.05) is 33.2 Å². The average molecular weight is 367 g/mol. The molecule has 0 radical (unpaired) electrons. The maximum atomic E-state index is 13.4. The Morgan fingerprint density at radius 1 is 1.12 bits per heavy atom. The van der Waals surface area contributed by atoms with E-state index in [2.05, 4.69) is 23.7 Å². The van der Waals surface area contributed by atoms with Crippen LogP contribution in [0, 0.1) is 18.6 Å². The van der Waals surface area contributed by atoms with E-state index in [9.17, 15) is 13.6 Å². The molecule has 4 nitrogen and oxygen atoms in total. The van der Waals surface area contributed by atoms with Crippen LogP contribution in [0.1, 0.15) is 29.2 Å². The highest BCUT2D eigenvalue weighted by Gasteiger charge is 2.20. The first kappa shape index (κ1) is 19.5. The second-order valence-corrected chi connectivity index (χ2v) is 6.84. The van der Waals surface area contributed by atoms with Gasteiger partial charge in [0.25, 0.3) is 5.91 Å². The van der Waals surface area contributed by atoms with Crippen molar-refractivity contribution >= 4 is 17.2 Å². The highest BCUT2D eigenvalue weighted by atomic mass is 32.1. The Hall–Kier alpha value is -1.86. The summed E-state index contributed by atoms with van der Waals surface area (Å²) in [6.07, 6.45) is 0. The number of thiazole rings is 1. The van der Waals surface area contributed by atoms with Gasteiger partial charge in [-0.25, -0.2) is 13.8 Å². The van der Waals surface area contributed by atoms with Gasteiger partial charge in [0.15, 0.2) is 0 Å². The smallest absolute Gasteiger partial charge is 0.265 e. The molecule has 25 heavy (non-hydrogen) atoms. The van der Waals surface area contributed by atoms with Crippen LogP contribution < -0.4 is 0 Å². The fourth-order valence-corrected chi connectivity index (χ4v) is 3.55. The second kappa shape index (κ2) is 8.49. The van der Waals surface area contributed by atoms with Crippen LogP contribution >= 0.6 is 11.3 Å². The molecule has 0 N–H and O–H groups in total. The minimum Gasteiger partial charge on any atom is -0.340 e. The van der Waals surface area contributed by atoms with E-state index in [-0.39, 0.29) is 5.91 Å². The number of carbonyl (C=O) groups excluding carboxylic acids is 1. The van der Waals surface area contributed by atoms with E-state index in [1.165, 1.54) is 12.1 Å². The normalized spacial score (nSPS) is 11.2. The predicted octanol–water partition coefficient (Wildman–Crippen LogP) is 3.81. The number of rotatable bonds is 7. The molecule has 136 valence electrons.